The van der Waals surface area contributed by atoms with Gasteiger partial charge in [-0.15, -0.1) is 0 Å². The van der Waals surface area contributed by atoms with Crippen molar-refractivity contribution in [3.05, 3.63) is 57.3 Å². The highest BCUT2D eigenvalue weighted by Gasteiger charge is 2.15. The Morgan fingerprint density at radius 3 is 2.72 bits per heavy atom. The molecule has 0 spiro atoms. The Bertz CT molecular complexity index is 545. The first-order valence-electron chi connectivity index (χ1n) is 5.32. The lowest BCUT2D eigenvalue weighted by Crippen LogP contribution is -2.14. The third-order valence-electron chi connectivity index (χ3n) is 2.60. The van der Waals surface area contributed by atoms with Crippen LogP contribution < -0.4 is 10.5 Å². The molecule has 2 rings (SSSR count). The molecule has 0 aliphatic heterocycles. The molecule has 3 nitrogen and oxygen atoms in total. The number of pyridine rings is 1. The first-order chi connectivity index (χ1) is 8.61. The number of nitrogens with two attached hydrogens (primary N) is 1. The molecule has 0 radical (unpaired) electrons. The minimum absolute atomic E-state index is 0.369. The molecule has 1 heterocycles. The SMILES string of the molecule is COc1ccc(Cl)cc1C(N)c1ccc(Br)cn1. The molecule has 18 heavy (non-hydrogen) atoms. The second kappa shape index (κ2) is 5.69. The molecule has 0 saturated heterocycles. The van der Waals surface area contributed by atoms with E-state index >= 15 is 0 Å². The topological polar surface area (TPSA) is 48.1 Å². The number of hydrogen-bond acceptors (Lipinski definition) is 3. The largest absolute Gasteiger partial charge is 0.496 e. The molecular weight excluding hydrogens is 316 g/mol. The van der Waals surface area contributed by atoms with Crippen LogP contribution in [0.15, 0.2) is 41.0 Å². The number of nitrogens with zero attached hydrogens (tertiary/aromatic N) is 1. The maximum absolute atomic E-state index is 6.20. The number of ether oxygens (including phenoxy) is 1. The zero-order chi connectivity index (χ0) is 13.1. The number of rotatable bonds is 3. The number of benzene rings is 1. The Morgan fingerprint density at radius 1 is 1.33 bits per heavy atom. The van der Waals surface area contributed by atoms with Crippen molar-refractivity contribution < 1.29 is 4.74 Å². The van der Waals surface area contributed by atoms with E-state index in [1.165, 1.54) is 0 Å². The van der Waals surface area contributed by atoms with Gasteiger partial charge >= 0.3 is 0 Å². The van der Waals surface area contributed by atoms with Gasteiger partial charge in [-0.1, -0.05) is 11.6 Å². The lowest BCUT2D eigenvalue weighted by molar-refractivity contribution is 0.407. The van der Waals surface area contributed by atoms with Gasteiger partial charge < -0.3 is 10.5 Å². The van der Waals surface area contributed by atoms with E-state index in [4.69, 9.17) is 22.1 Å². The van der Waals surface area contributed by atoms with Gasteiger partial charge in [0.1, 0.15) is 5.75 Å². The first kappa shape index (κ1) is 13.3. The predicted molar refractivity (Wildman–Crippen MR) is 76.0 cm³/mol. The lowest BCUT2D eigenvalue weighted by Gasteiger charge is -2.15. The van der Waals surface area contributed by atoms with E-state index in [9.17, 15) is 0 Å². The maximum Gasteiger partial charge on any atom is 0.124 e. The van der Waals surface area contributed by atoms with Crippen LogP contribution in [-0.4, -0.2) is 12.1 Å². The Labute approximate surface area is 119 Å². The summed E-state index contributed by atoms with van der Waals surface area (Å²) >= 11 is 9.33. The zero-order valence-corrected chi connectivity index (χ0v) is 12.1. The highest BCUT2D eigenvalue weighted by atomic mass is 79.9. The fourth-order valence-corrected chi connectivity index (χ4v) is 2.09. The van der Waals surface area contributed by atoms with E-state index in [1.807, 2.05) is 12.1 Å². The normalized spacial score (nSPS) is 12.2. The molecule has 5 heteroatoms. The van der Waals surface area contributed by atoms with Crippen molar-refractivity contribution in [1.82, 2.24) is 4.98 Å². The van der Waals surface area contributed by atoms with E-state index in [1.54, 1.807) is 31.5 Å². The minimum Gasteiger partial charge on any atom is -0.496 e. The van der Waals surface area contributed by atoms with Gasteiger partial charge in [-0.3, -0.25) is 4.98 Å². The molecule has 0 aliphatic carbocycles. The molecule has 2 aromatic rings. The van der Waals surface area contributed by atoms with Crippen LogP contribution in [0, 0.1) is 0 Å². The van der Waals surface area contributed by atoms with Crippen molar-refractivity contribution in [1.29, 1.82) is 0 Å². The number of aromatic nitrogens is 1. The third-order valence-corrected chi connectivity index (χ3v) is 3.30. The Hall–Kier alpha value is -1.10. The van der Waals surface area contributed by atoms with Crippen LogP contribution in [-0.2, 0) is 0 Å². The van der Waals surface area contributed by atoms with Crippen molar-refractivity contribution in [2.75, 3.05) is 7.11 Å². The van der Waals surface area contributed by atoms with Crippen LogP contribution in [0.4, 0.5) is 0 Å². The summed E-state index contributed by atoms with van der Waals surface area (Å²) in [6.07, 6.45) is 1.71. The van der Waals surface area contributed by atoms with Crippen LogP contribution >= 0.6 is 27.5 Å². The summed E-state index contributed by atoms with van der Waals surface area (Å²) in [6, 6.07) is 8.78. The lowest BCUT2D eigenvalue weighted by atomic mass is 10.0. The molecule has 1 aromatic carbocycles. The van der Waals surface area contributed by atoms with Crippen LogP contribution in [0.5, 0.6) is 5.75 Å². The molecule has 1 unspecified atom stereocenters. The van der Waals surface area contributed by atoms with Crippen LogP contribution in [0.3, 0.4) is 0 Å². The standard InChI is InChI=1S/C13H12BrClN2O/c1-18-12-5-3-9(15)6-10(12)13(16)11-4-2-8(14)7-17-11/h2-7,13H,16H2,1H3. The molecule has 0 aliphatic rings. The number of halogens is 2. The molecule has 0 saturated carbocycles. The van der Waals surface area contributed by atoms with Crippen molar-refractivity contribution in [3.63, 3.8) is 0 Å². The quantitative estimate of drug-likeness (QED) is 0.938. The molecule has 0 fully saturated rings. The minimum atomic E-state index is -0.369. The monoisotopic (exact) mass is 326 g/mol. The van der Waals surface area contributed by atoms with E-state index in [2.05, 4.69) is 20.9 Å². The molecule has 0 bridgehead atoms. The van der Waals surface area contributed by atoms with Crippen molar-refractivity contribution in [2.45, 2.75) is 6.04 Å². The van der Waals surface area contributed by atoms with Crippen LogP contribution in [0.25, 0.3) is 0 Å². The average Bonchev–Trinajstić information content (AvgIpc) is 2.39. The molecule has 0 amide bonds. The summed E-state index contributed by atoms with van der Waals surface area (Å²) in [6.45, 7) is 0. The predicted octanol–water partition coefficient (Wildman–Crippen LogP) is 3.55. The summed E-state index contributed by atoms with van der Waals surface area (Å²) in [5.41, 5.74) is 7.78. The van der Waals surface area contributed by atoms with Crippen LogP contribution in [0.1, 0.15) is 17.3 Å². The fourth-order valence-electron chi connectivity index (χ4n) is 1.68. The third kappa shape index (κ3) is 2.83. The van der Waals surface area contributed by atoms with Gasteiger partial charge in [-0.05, 0) is 46.3 Å². The van der Waals surface area contributed by atoms with E-state index < -0.39 is 0 Å². The van der Waals surface area contributed by atoms with Crippen molar-refractivity contribution in [2.24, 2.45) is 5.73 Å². The van der Waals surface area contributed by atoms with Crippen molar-refractivity contribution in [3.8, 4) is 5.75 Å². The van der Waals surface area contributed by atoms with Gasteiger partial charge in [0.25, 0.3) is 0 Å². The maximum atomic E-state index is 6.20. The Kier molecular flexibility index (Phi) is 4.22. The van der Waals surface area contributed by atoms with Crippen LogP contribution in [0.2, 0.25) is 5.02 Å². The number of methoxy groups -OCH3 is 1. The Balaban J connectivity index is 2.41. The summed E-state index contributed by atoms with van der Waals surface area (Å²) in [7, 11) is 1.61. The number of hydrogen-bond donors (Lipinski definition) is 1. The second-order valence-electron chi connectivity index (χ2n) is 3.77. The molecule has 94 valence electrons. The second-order valence-corrected chi connectivity index (χ2v) is 5.12. The van der Waals surface area contributed by atoms with E-state index in [-0.39, 0.29) is 6.04 Å². The van der Waals surface area contributed by atoms with Crippen molar-refractivity contribution >= 4 is 27.5 Å². The summed E-state index contributed by atoms with van der Waals surface area (Å²) in [4.78, 5) is 4.29. The summed E-state index contributed by atoms with van der Waals surface area (Å²) in [5, 5.41) is 0.623. The first-order valence-corrected chi connectivity index (χ1v) is 6.49. The highest BCUT2D eigenvalue weighted by Crippen LogP contribution is 2.30. The molecular formula is C13H12BrClN2O. The van der Waals surface area contributed by atoms with Gasteiger partial charge in [0, 0.05) is 21.3 Å². The summed E-state index contributed by atoms with van der Waals surface area (Å²) in [5.74, 6) is 0.705. The summed E-state index contributed by atoms with van der Waals surface area (Å²) < 4.78 is 6.20. The van der Waals surface area contributed by atoms with Gasteiger partial charge in [0.15, 0.2) is 0 Å². The van der Waals surface area contributed by atoms with E-state index in [0.29, 0.717) is 10.8 Å². The van der Waals surface area contributed by atoms with Gasteiger partial charge in [-0.25, -0.2) is 0 Å². The smallest absolute Gasteiger partial charge is 0.124 e. The van der Waals surface area contributed by atoms with Gasteiger partial charge in [0.05, 0.1) is 18.8 Å². The molecule has 1 aromatic heterocycles. The van der Waals surface area contributed by atoms with Gasteiger partial charge in [-0.2, -0.15) is 0 Å². The highest BCUT2D eigenvalue weighted by molar-refractivity contribution is 9.10. The molecule has 2 N–H and O–H groups in total. The van der Waals surface area contributed by atoms with Gasteiger partial charge in [0.2, 0.25) is 0 Å². The van der Waals surface area contributed by atoms with E-state index in [0.717, 1.165) is 15.7 Å². The molecule has 1 atom stereocenters. The Morgan fingerprint density at radius 2 is 2.11 bits per heavy atom. The zero-order valence-electron chi connectivity index (χ0n) is 9.73. The fraction of sp³-hybridized carbons (Fsp3) is 0.154. The average molecular weight is 328 g/mol.